The lowest BCUT2D eigenvalue weighted by molar-refractivity contribution is -0.0504. The number of halogens is 4. The molecule has 2 aromatic rings. The molecule has 1 atom stereocenters. The van der Waals surface area contributed by atoms with Gasteiger partial charge in [0, 0.05) is 22.8 Å². The molecular weight excluding hydrogens is 352 g/mol. The predicted molar refractivity (Wildman–Crippen MR) is 77.7 cm³/mol. The molecule has 20 heavy (non-hydrogen) atoms. The van der Waals surface area contributed by atoms with Crippen LogP contribution in [0.3, 0.4) is 0 Å². The molecule has 0 aliphatic carbocycles. The summed E-state index contributed by atoms with van der Waals surface area (Å²) in [6.45, 7) is -2.85. The molecule has 1 aromatic carbocycles. The molecule has 106 valence electrons. The van der Waals surface area contributed by atoms with E-state index in [0.717, 1.165) is 5.56 Å². The summed E-state index contributed by atoms with van der Waals surface area (Å²) in [4.78, 5) is 3.73. The second kappa shape index (κ2) is 6.99. The Morgan fingerprint density at radius 2 is 2.00 bits per heavy atom. The Kier molecular flexibility index (Phi) is 5.31. The highest BCUT2D eigenvalue weighted by atomic mass is 79.9. The normalized spacial score (nSPS) is 12.4. The van der Waals surface area contributed by atoms with E-state index in [1.807, 2.05) is 0 Å². The predicted octanol–water partition coefficient (Wildman–Crippen LogP) is 5.02. The minimum absolute atomic E-state index is 0.162. The third-order valence-corrected chi connectivity index (χ3v) is 3.89. The third-order valence-electron chi connectivity index (χ3n) is 2.73. The standard InChI is InChI=1S/C14H11BrClF2NO/c15-11(7-9-5-6-19-8-12(9)16)10-3-1-2-4-13(10)20-14(17)18/h1-6,8,11,14H,7H2. The molecule has 0 spiro atoms. The van der Waals surface area contributed by atoms with Gasteiger partial charge in [-0.1, -0.05) is 45.7 Å². The average molecular weight is 363 g/mol. The molecular formula is C14H11BrClF2NO. The van der Waals surface area contributed by atoms with Crippen LogP contribution >= 0.6 is 27.5 Å². The fourth-order valence-corrected chi connectivity index (χ4v) is 2.74. The summed E-state index contributed by atoms with van der Waals surface area (Å²) in [5.74, 6) is 0.162. The van der Waals surface area contributed by atoms with Crippen molar-refractivity contribution in [2.45, 2.75) is 17.9 Å². The van der Waals surface area contributed by atoms with E-state index in [2.05, 4.69) is 25.7 Å². The second-order valence-electron chi connectivity index (χ2n) is 4.06. The Morgan fingerprint density at radius 1 is 1.25 bits per heavy atom. The SMILES string of the molecule is FC(F)Oc1ccccc1C(Br)Cc1ccncc1Cl. The summed E-state index contributed by atoms with van der Waals surface area (Å²) in [7, 11) is 0. The minimum atomic E-state index is -2.85. The zero-order valence-corrected chi connectivity index (χ0v) is 12.6. The number of alkyl halides is 3. The molecule has 0 amide bonds. The van der Waals surface area contributed by atoms with Crippen LogP contribution in [0.2, 0.25) is 5.02 Å². The Hall–Kier alpha value is -1.20. The number of hydrogen-bond donors (Lipinski definition) is 0. The molecule has 0 saturated carbocycles. The number of benzene rings is 1. The molecule has 0 aliphatic rings. The van der Waals surface area contributed by atoms with Crippen molar-refractivity contribution in [3.05, 3.63) is 58.9 Å². The van der Waals surface area contributed by atoms with Gasteiger partial charge in [-0.3, -0.25) is 4.98 Å². The fraction of sp³-hybridized carbons (Fsp3) is 0.214. The first-order valence-corrected chi connectivity index (χ1v) is 7.13. The molecule has 2 rings (SSSR count). The van der Waals surface area contributed by atoms with Gasteiger partial charge in [0.1, 0.15) is 5.75 Å². The largest absolute Gasteiger partial charge is 0.435 e. The van der Waals surface area contributed by atoms with E-state index in [-0.39, 0.29) is 10.6 Å². The lowest BCUT2D eigenvalue weighted by atomic mass is 10.0. The number of rotatable bonds is 5. The first-order valence-electron chi connectivity index (χ1n) is 5.84. The summed E-state index contributed by atoms with van der Waals surface area (Å²) >= 11 is 9.54. The van der Waals surface area contributed by atoms with Crippen LogP contribution in [0.1, 0.15) is 16.0 Å². The molecule has 0 bridgehead atoms. The smallest absolute Gasteiger partial charge is 0.387 e. The van der Waals surface area contributed by atoms with E-state index in [1.54, 1.807) is 36.7 Å². The van der Waals surface area contributed by atoms with Gasteiger partial charge in [-0.25, -0.2) is 0 Å². The van der Waals surface area contributed by atoms with Crippen molar-refractivity contribution in [1.29, 1.82) is 0 Å². The Labute approximate surface area is 128 Å². The molecule has 1 aromatic heterocycles. The molecule has 6 heteroatoms. The Balaban J connectivity index is 2.21. The van der Waals surface area contributed by atoms with Gasteiger partial charge in [0.05, 0.1) is 5.02 Å². The topological polar surface area (TPSA) is 22.1 Å². The van der Waals surface area contributed by atoms with Crippen LogP contribution in [0.15, 0.2) is 42.7 Å². The number of nitrogens with zero attached hydrogens (tertiary/aromatic N) is 1. The van der Waals surface area contributed by atoms with Crippen LogP contribution in [-0.2, 0) is 6.42 Å². The van der Waals surface area contributed by atoms with Crippen molar-refractivity contribution in [3.63, 3.8) is 0 Å². The van der Waals surface area contributed by atoms with Crippen molar-refractivity contribution in [3.8, 4) is 5.75 Å². The highest BCUT2D eigenvalue weighted by Gasteiger charge is 2.17. The van der Waals surface area contributed by atoms with Gasteiger partial charge in [0.15, 0.2) is 0 Å². The first kappa shape index (κ1) is 15.2. The number of aromatic nitrogens is 1. The monoisotopic (exact) mass is 361 g/mol. The quantitative estimate of drug-likeness (QED) is 0.697. The summed E-state index contributed by atoms with van der Waals surface area (Å²) in [6, 6.07) is 8.49. The zero-order valence-electron chi connectivity index (χ0n) is 10.3. The summed E-state index contributed by atoms with van der Waals surface area (Å²) < 4.78 is 29.3. The molecule has 0 aliphatic heterocycles. The van der Waals surface area contributed by atoms with Gasteiger partial charge in [-0.15, -0.1) is 0 Å². The van der Waals surface area contributed by atoms with Gasteiger partial charge in [-0.05, 0) is 24.1 Å². The summed E-state index contributed by atoms with van der Waals surface area (Å²) in [5, 5.41) is 0.546. The van der Waals surface area contributed by atoms with Gasteiger partial charge >= 0.3 is 6.61 Å². The number of ether oxygens (including phenoxy) is 1. The number of para-hydroxylation sites is 1. The Bertz CT molecular complexity index is 583. The van der Waals surface area contributed by atoms with E-state index in [0.29, 0.717) is 17.0 Å². The van der Waals surface area contributed by atoms with Crippen molar-refractivity contribution in [1.82, 2.24) is 4.98 Å². The fourth-order valence-electron chi connectivity index (χ4n) is 1.82. The van der Waals surface area contributed by atoms with E-state index in [4.69, 9.17) is 11.6 Å². The van der Waals surface area contributed by atoms with E-state index < -0.39 is 6.61 Å². The van der Waals surface area contributed by atoms with Gasteiger partial charge in [0.2, 0.25) is 0 Å². The highest BCUT2D eigenvalue weighted by molar-refractivity contribution is 9.09. The van der Waals surface area contributed by atoms with Crippen LogP contribution in [0.5, 0.6) is 5.75 Å². The first-order chi connectivity index (χ1) is 9.58. The second-order valence-corrected chi connectivity index (χ2v) is 5.57. The molecule has 1 heterocycles. The van der Waals surface area contributed by atoms with Crippen molar-refractivity contribution >= 4 is 27.5 Å². The molecule has 0 N–H and O–H groups in total. The zero-order chi connectivity index (χ0) is 14.5. The van der Waals surface area contributed by atoms with E-state index in [1.165, 1.54) is 6.07 Å². The lowest BCUT2D eigenvalue weighted by Crippen LogP contribution is -2.06. The van der Waals surface area contributed by atoms with E-state index in [9.17, 15) is 8.78 Å². The van der Waals surface area contributed by atoms with Crippen LogP contribution < -0.4 is 4.74 Å². The van der Waals surface area contributed by atoms with Crippen molar-refractivity contribution in [2.75, 3.05) is 0 Å². The third kappa shape index (κ3) is 3.90. The van der Waals surface area contributed by atoms with Gasteiger partial charge < -0.3 is 4.74 Å². The van der Waals surface area contributed by atoms with Crippen molar-refractivity contribution < 1.29 is 13.5 Å². The lowest BCUT2D eigenvalue weighted by Gasteiger charge is -2.15. The van der Waals surface area contributed by atoms with Crippen LogP contribution in [0.25, 0.3) is 0 Å². The molecule has 0 radical (unpaired) electrons. The minimum Gasteiger partial charge on any atom is -0.435 e. The maximum atomic E-state index is 12.4. The van der Waals surface area contributed by atoms with Crippen molar-refractivity contribution in [2.24, 2.45) is 0 Å². The maximum Gasteiger partial charge on any atom is 0.387 e. The molecule has 2 nitrogen and oxygen atoms in total. The van der Waals surface area contributed by atoms with Crippen LogP contribution in [-0.4, -0.2) is 11.6 Å². The number of pyridine rings is 1. The average Bonchev–Trinajstić information content (AvgIpc) is 2.41. The number of hydrogen-bond acceptors (Lipinski definition) is 2. The molecule has 1 unspecified atom stereocenters. The Morgan fingerprint density at radius 3 is 2.70 bits per heavy atom. The van der Waals surface area contributed by atoms with Crippen LogP contribution in [0.4, 0.5) is 8.78 Å². The van der Waals surface area contributed by atoms with E-state index >= 15 is 0 Å². The molecule has 0 fully saturated rings. The highest BCUT2D eigenvalue weighted by Crippen LogP contribution is 2.35. The summed E-state index contributed by atoms with van der Waals surface area (Å²) in [6.07, 6.45) is 3.74. The van der Waals surface area contributed by atoms with Gasteiger partial charge in [-0.2, -0.15) is 8.78 Å². The summed E-state index contributed by atoms with van der Waals surface area (Å²) in [5.41, 5.74) is 1.54. The van der Waals surface area contributed by atoms with Gasteiger partial charge in [0.25, 0.3) is 0 Å². The maximum absolute atomic E-state index is 12.4. The molecule has 0 saturated heterocycles. The van der Waals surface area contributed by atoms with Crippen LogP contribution in [0, 0.1) is 0 Å².